The van der Waals surface area contributed by atoms with Gasteiger partial charge in [0.05, 0.1) is 5.69 Å². The minimum absolute atomic E-state index is 0.0883. The van der Waals surface area contributed by atoms with Crippen LogP contribution in [0.3, 0.4) is 0 Å². The molecule has 5 rings (SSSR count). The molecule has 1 N–H and O–H groups in total. The lowest BCUT2D eigenvalue weighted by molar-refractivity contribution is 0.142. The number of fused-ring (bicyclic) bond motifs is 1. The first-order valence-corrected chi connectivity index (χ1v) is 12.1. The van der Waals surface area contributed by atoms with E-state index in [9.17, 15) is 9.59 Å². The number of benzene rings is 2. The summed E-state index contributed by atoms with van der Waals surface area (Å²) in [4.78, 5) is 34.6. The highest BCUT2D eigenvalue weighted by atomic mass is 32.1. The molecule has 0 saturated carbocycles. The van der Waals surface area contributed by atoms with Gasteiger partial charge in [-0.1, -0.05) is 53.3 Å². The van der Waals surface area contributed by atoms with E-state index < -0.39 is 0 Å². The SMILES string of the molecule is Cc1ccc(NC(=O)N2CCN(Cc3cc(=O)n4nc(-c5ccccc5C)sc4n3)CC2)cc1. The fourth-order valence-corrected chi connectivity index (χ4v) is 5.05. The largest absolute Gasteiger partial charge is 0.322 e. The number of aryl methyl sites for hydroxylation is 2. The van der Waals surface area contributed by atoms with Crippen molar-refractivity contribution in [2.45, 2.75) is 20.4 Å². The first-order valence-electron chi connectivity index (χ1n) is 11.3. The maximum atomic E-state index is 12.7. The number of hydrogen-bond acceptors (Lipinski definition) is 6. The molecular formula is C25H26N6O2S. The fourth-order valence-electron chi connectivity index (χ4n) is 4.04. The van der Waals surface area contributed by atoms with E-state index in [1.54, 1.807) is 6.07 Å². The molecule has 9 heteroatoms. The molecule has 1 saturated heterocycles. The summed E-state index contributed by atoms with van der Waals surface area (Å²) >= 11 is 1.42. The molecule has 34 heavy (non-hydrogen) atoms. The van der Waals surface area contributed by atoms with Crippen LogP contribution in [0, 0.1) is 13.8 Å². The number of aromatic nitrogens is 3. The van der Waals surface area contributed by atoms with Crippen molar-refractivity contribution in [3.63, 3.8) is 0 Å². The number of carbonyl (C=O) groups is 1. The van der Waals surface area contributed by atoms with Crippen LogP contribution in [0.2, 0.25) is 0 Å². The molecule has 4 aromatic rings. The Balaban J connectivity index is 1.23. The highest BCUT2D eigenvalue weighted by Crippen LogP contribution is 2.27. The van der Waals surface area contributed by atoms with E-state index in [0.29, 0.717) is 24.6 Å². The molecular weight excluding hydrogens is 448 g/mol. The third kappa shape index (κ3) is 4.71. The minimum atomic E-state index is -0.174. The zero-order valence-electron chi connectivity index (χ0n) is 19.2. The van der Waals surface area contributed by atoms with Gasteiger partial charge in [0.25, 0.3) is 5.56 Å². The molecule has 0 radical (unpaired) electrons. The highest BCUT2D eigenvalue weighted by molar-refractivity contribution is 7.19. The number of hydrogen-bond donors (Lipinski definition) is 1. The van der Waals surface area contributed by atoms with Gasteiger partial charge in [-0.2, -0.15) is 9.61 Å². The van der Waals surface area contributed by atoms with E-state index in [1.165, 1.54) is 15.9 Å². The summed E-state index contributed by atoms with van der Waals surface area (Å²) in [5, 5.41) is 8.24. The monoisotopic (exact) mass is 474 g/mol. The number of piperazine rings is 1. The van der Waals surface area contributed by atoms with Crippen LogP contribution in [0.5, 0.6) is 0 Å². The molecule has 2 aromatic heterocycles. The molecule has 0 aliphatic carbocycles. The summed E-state index contributed by atoms with van der Waals surface area (Å²) in [5.74, 6) is 0. The summed E-state index contributed by atoms with van der Waals surface area (Å²) in [5.41, 5.74) is 4.63. The smallest absolute Gasteiger partial charge is 0.321 e. The minimum Gasteiger partial charge on any atom is -0.322 e. The Morgan fingerprint density at radius 1 is 1.03 bits per heavy atom. The van der Waals surface area contributed by atoms with Crippen LogP contribution in [-0.2, 0) is 6.54 Å². The molecule has 1 aliphatic rings. The predicted molar refractivity (Wildman–Crippen MR) is 134 cm³/mol. The maximum Gasteiger partial charge on any atom is 0.321 e. The van der Waals surface area contributed by atoms with E-state index in [1.807, 2.05) is 67.3 Å². The molecule has 0 bridgehead atoms. The third-order valence-electron chi connectivity index (χ3n) is 6.02. The average Bonchev–Trinajstić information content (AvgIpc) is 3.26. The van der Waals surface area contributed by atoms with Gasteiger partial charge in [-0.3, -0.25) is 9.69 Å². The number of nitrogens with one attached hydrogen (secondary N) is 1. The van der Waals surface area contributed by atoms with Crippen molar-refractivity contribution in [2.75, 3.05) is 31.5 Å². The highest BCUT2D eigenvalue weighted by Gasteiger charge is 2.22. The fraction of sp³-hybridized carbons (Fsp3) is 0.280. The summed E-state index contributed by atoms with van der Waals surface area (Å²) in [6.07, 6.45) is 0. The van der Waals surface area contributed by atoms with E-state index in [4.69, 9.17) is 4.98 Å². The van der Waals surface area contributed by atoms with Crippen LogP contribution >= 0.6 is 11.3 Å². The van der Waals surface area contributed by atoms with E-state index in [2.05, 4.69) is 15.3 Å². The van der Waals surface area contributed by atoms with Crippen LogP contribution in [0.4, 0.5) is 10.5 Å². The summed E-state index contributed by atoms with van der Waals surface area (Å²) < 4.78 is 1.38. The number of anilines is 1. The molecule has 174 valence electrons. The number of rotatable bonds is 4. The first kappa shape index (κ1) is 22.2. The maximum absolute atomic E-state index is 12.7. The van der Waals surface area contributed by atoms with Crippen molar-refractivity contribution in [1.82, 2.24) is 24.4 Å². The van der Waals surface area contributed by atoms with Crippen LogP contribution in [0.15, 0.2) is 59.4 Å². The lowest BCUT2D eigenvalue weighted by Crippen LogP contribution is -2.49. The van der Waals surface area contributed by atoms with Crippen LogP contribution in [-0.4, -0.2) is 56.6 Å². The number of urea groups is 1. The van der Waals surface area contributed by atoms with Gasteiger partial charge in [-0.05, 0) is 31.5 Å². The van der Waals surface area contributed by atoms with Gasteiger partial charge < -0.3 is 10.2 Å². The summed E-state index contributed by atoms with van der Waals surface area (Å²) in [6, 6.07) is 17.2. The molecule has 1 fully saturated rings. The van der Waals surface area contributed by atoms with E-state index in [0.717, 1.165) is 46.2 Å². The lowest BCUT2D eigenvalue weighted by atomic mass is 10.1. The van der Waals surface area contributed by atoms with Crippen LogP contribution in [0.1, 0.15) is 16.8 Å². The van der Waals surface area contributed by atoms with Gasteiger partial charge in [-0.15, -0.1) is 0 Å². The Bertz CT molecular complexity index is 1390. The Morgan fingerprint density at radius 2 is 1.76 bits per heavy atom. The predicted octanol–water partition coefficient (Wildman–Crippen LogP) is 3.78. The normalized spacial score (nSPS) is 14.5. The molecule has 2 amide bonds. The second kappa shape index (κ2) is 9.36. The van der Waals surface area contributed by atoms with E-state index in [-0.39, 0.29) is 11.6 Å². The topological polar surface area (TPSA) is 82.8 Å². The zero-order valence-corrected chi connectivity index (χ0v) is 20.0. The van der Waals surface area contributed by atoms with Crippen molar-refractivity contribution in [2.24, 2.45) is 0 Å². The summed E-state index contributed by atoms with van der Waals surface area (Å²) in [6.45, 7) is 7.30. The number of amides is 2. The third-order valence-corrected chi connectivity index (χ3v) is 6.96. The van der Waals surface area contributed by atoms with Crippen molar-refractivity contribution in [1.29, 1.82) is 0 Å². The van der Waals surface area contributed by atoms with Crippen LogP contribution in [0.25, 0.3) is 15.5 Å². The first-order chi connectivity index (χ1) is 16.5. The molecule has 0 atom stereocenters. The van der Waals surface area contributed by atoms with Crippen molar-refractivity contribution < 1.29 is 4.79 Å². The second-order valence-corrected chi connectivity index (χ2v) is 9.52. The van der Waals surface area contributed by atoms with Gasteiger partial charge in [0.2, 0.25) is 4.96 Å². The average molecular weight is 475 g/mol. The quantitative estimate of drug-likeness (QED) is 0.487. The van der Waals surface area contributed by atoms with Gasteiger partial charge >= 0.3 is 6.03 Å². The Labute approximate surface area is 201 Å². The van der Waals surface area contributed by atoms with Crippen LogP contribution < -0.4 is 10.9 Å². The molecule has 0 spiro atoms. The Kier molecular flexibility index (Phi) is 6.12. The van der Waals surface area contributed by atoms with E-state index >= 15 is 0 Å². The molecule has 0 unspecified atom stereocenters. The van der Waals surface area contributed by atoms with Crippen molar-refractivity contribution in [3.8, 4) is 10.6 Å². The van der Waals surface area contributed by atoms with Gasteiger partial charge in [-0.25, -0.2) is 9.78 Å². The molecule has 3 heterocycles. The van der Waals surface area contributed by atoms with Gasteiger partial charge in [0, 0.05) is 50.0 Å². The van der Waals surface area contributed by atoms with Crippen molar-refractivity contribution in [3.05, 3.63) is 81.8 Å². The van der Waals surface area contributed by atoms with Gasteiger partial charge in [0.1, 0.15) is 5.01 Å². The molecule has 8 nitrogen and oxygen atoms in total. The van der Waals surface area contributed by atoms with Gasteiger partial charge in [0.15, 0.2) is 0 Å². The summed E-state index contributed by atoms with van der Waals surface area (Å²) in [7, 11) is 0. The Hall–Kier alpha value is -3.56. The molecule has 2 aromatic carbocycles. The number of nitrogens with zero attached hydrogens (tertiary/aromatic N) is 5. The second-order valence-electron chi connectivity index (χ2n) is 8.56. The molecule has 1 aliphatic heterocycles. The zero-order chi connectivity index (χ0) is 23.7. The standard InChI is InChI=1S/C25H26N6O2S/c1-17-7-9-19(10-8-17)26-24(33)30-13-11-29(12-14-30)16-20-15-22(32)31-25(27-20)34-23(28-31)21-6-4-3-5-18(21)2/h3-10,15H,11-14,16H2,1-2H3,(H,26,33). The van der Waals surface area contributed by atoms with Crippen molar-refractivity contribution >= 4 is 28.0 Å². The number of carbonyl (C=O) groups excluding carboxylic acids is 1. The Morgan fingerprint density at radius 3 is 2.50 bits per heavy atom. The lowest BCUT2D eigenvalue weighted by Gasteiger charge is -2.34.